The van der Waals surface area contributed by atoms with Gasteiger partial charge in [0, 0.05) is 9.40 Å². The molecule has 0 spiro atoms. The van der Waals surface area contributed by atoms with Gasteiger partial charge in [0.15, 0.2) is 0 Å². The Morgan fingerprint density at radius 1 is 0.667 bits per heavy atom. The molecule has 0 radical (unpaired) electrons. The minimum atomic E-state index is -1.56. The molecule has 0 saturated heterocycles. The van der Waals surface area contributed by atoms with Gasteiger partial charge < -0.3 is 10.2 Å². The van der Waals surface area contributed by atoms with Crippen LogP contribution in [0.15, 0.2) is 12.1 Å². The minimum absolute atomic E-state index is 0.256. The summed E-state index contributed by atoms with van der Waals surface area (Å²) in [6.45, 7) is 13.5. The molecular weight excluding hydrogens is 489 g/mol. The first-order valence-electron chi connectivity index (χ1n) is 9.39. The quantitative estimate of drug-likeness (QED) is 0.305. The first-order chi connectivity index (χ1) is 13.8. The highest BCUT2D eigenvalue weighted by Crippen LogP contribution is 2.48. The topological polar surface area (TPSA) is 74.6 Å². The SMILES string of the molecule is C[Si](C)(C)c1cc2sc(-c3sc4cc([Si](C)(C)C)sc4c3C(=O)O)c(C(=O)O)c2s1. The number of carboxylic acids is 2. The fraction of sp³-hybridized carbons (Fsp3) is 0.300. The van der Waals surface area contributed by atoms with E-state index in [0.29, 0.717) is 9.75 Å². The summed E-state index contributed by atoms with van der Waals surface area (Å²) in [5.41, 5.74) is 0.512. The number of carbonyl (C=O) groups is 2. The van der Waals surface area contributed by atoms with Crippen LogP contribution in [0, 0.1) is 0 Å². The Hall–Kier alpha value is -1.31. The van der Waals surface area contributed by atoms with Gasteiger partial charge in [-0.1, -0.05) is 39.3 Å². The molecule has 0 amide bonds. The van der Waals surface area contributed by atoms with Crippen molar-refractivity contribution in [3.05, 3.63) is 23.3 Å². The average Bonchev–Trinajstić information content (AvgIpc) is 3.28. The monoisotopic (exact) mass is 510 g/mol. The first-order valence-corrected chi connectivity index (χ1v) is 19.7. The fourth-order valence-electron chi connectivity index (χ4n) is 3.22. The van der Waals surface area contributed by atoms with Crippen molar-refractivity contribution in [2.75, 3.05) is 0 Å². The Labute approximate surface area is 192 Å². The van der Waals surface area contributed by atoms with Crippen molar-refractivity contribution in [2.24, 2.45) is 0 Å². The molecule has 0 unspecified atom stereocenters. The lowest BCUT2D eigenvalue weighted by Crippen LogP contribution is -2.34. The summed E-state index contributed by atoms with van der Waals surface area (Å²) in [7, 11) is -3.11. The predicted octanol–water partition coefficient (Wildman–Crippen LogP) is 6.39. The molecule has 0 aliphatic carbocycles. The second kappa shape index (κ2) is 7.11. The van der Waals surface area contributed by atoms with E-state index in [-0.39, 0.29) is 11.1 Å². The molecule has 2 N–H and O–H groups in total. The maximum absolute atomic E-state index is 12.2. The zero-order valence-electron chi connectivity index (χ0n) is 17.5. The number of hydrogen-bond acceptors (Lipinski definition) is 6. The first kappa shape index (κ1) is 21.9. The van der Waals surface area contributed by atoms with Crippen LogP contribution in [-0.2, 0) is 0 Å². The molecule has 30 heavy (non-hydrogen) atoms. The van der Waals surface area contributed by atoms with Gasteiger partial charge in [0.25, 0.3) is 0 Å². The highest BCUT2D eigenvalue weighted by Gasteiger charge is 2.31. The number of rotatable bonds is 5. The van der Waals surface area contributed by atoms with Crippen molar-refractivity contribution < 1.29 is 19.8 Å². The van der Waals surface area contributed by atoms with Crippen LogP contribution in [0.1, 0.15) is 20.7 Å². The molecule has 4 aromatic heterocycles. The molecule has 0 bridgehead atoms. The maximum Gasteiger partial charge on any atom is 0.338 e. The van der Waals surface area contributed by atoms with Crippen LogP contribution >= 0.6 is 45.3 Å². The summed E-state index contributed by atoms with van der Waals surface area (Å²) in [5.74, 6) is -1.98. The highest BCUT2D eigenvalue weighted by atomic mass is 32.1. The van der Waals surface area contributed by atoms with Crippen molar-refractivity contribution in [1.82, 2.24) is 0 Å². The summed E-state index contributed by atoms with van der Waals surface area (Å²) in [6, 6.07) is 4.24. The van der Waals surface area contributed by atoms with Crippen LogP contribution < -0.4 is 9.00 Å². The zero-order valence-corrected chi connectivity index (χ0v) is 22.8. The summed E-state index contributed by atoms with van der Waals surface area (Å²) in [4.78, 5) is 25.6. The van der Waals surface area contributed by atoms with E-state index in [2.05, 4.69) is 51.4 Å². The van der Waals surface area contributed by atoms with Crippen LogP contribution in [0.3, 0.4) is 0 Å². The molecule has 0 aliphatic rings. The lowest BCUT2D eigenvalue weighted by molar-refractivity contribution is 0.0687. The van der Waals surface area contributed by atoms with E-state index in [0.717, 1.165) is 18.8 Å². The number of thiophene rings is 4. The van der Waals surface area contributed by atoms with Crippen molar-refractivity contribution >= 4 is 101 Å². The van der Waals surface area contributed by atoms with Gasteiger partial charge in [0.2, 0.25) is 0 Å². The molecule has 10 heteroatoms. The molecule has 0 saturated carbocycles. The normalized spacial score (nSPS) is 12.9. The smallest absolute Gasteiger partial charge is 0.338 e. The van der Waals surface area contributed by atoms with Crippen molar-refractivity contribution in [3.8, 4) is 9.75 Å². The lowest BCUT2D eigenvalue weighted by atomic mass is 10.1. The molecule has 0 atom stereocenters. The van der Waals surface area contributed by atoms with Crippen LogP contribution in [-0.4, -0.2) is 38.3 Å². The van der Waals surface area contributed by atoms with Crippen LogP contribution in [0.4, 0.5) is 0 Å². The molecule has 0 fully saturated rings. The minimum Gasteiger partial charge on any atom is -0.478 e. The summed E-state index contributed by atoms with van der Waals surface area (Å²) < 4.78 is 5.97. The molecule has 0 aromatic carbocycles. The van der Waals surface area contributed by atoms with Crippen molar-refractivity contribution in [1.29, 1.82) is 0 Å². The summed E-state index contributed by atoms with van der Waals surface area (Å²) >= 11 is 5.95. The molecule has 4 aromatic rings. The van der Waals surface area contributed by atoms with Gasteiger partial charge in [-0.2, -0.15) is 0 Å². The second-order valence-electron chi connectivity index (χ2n) is 9.33. The molecule has 0 aliphatic heterocycles. The largest absolute Gasteiger partial charge is 0.478 e. The van der Waals surface area contributed by atoms with E-state index in [9.17, 15) is 19.8 Å². The third-order valence-electron chi connectivity index (χ3n) is 4.84. The number of fused-ring (bicyclic) bond motifs is 2. The Bertz CT molecular complexity index is 1220. The van der Waals surface area contributed by atoms with Crippen LogP contribution in [0.5, 0.6) is 0 Å². The molecular formula is C20H22O4S4Si2. The van der Waals surface area contributed by atoms with Gasteiger partial charge in [0.05, 0.1) is 46.4 Å². The van der Waals surface area contributed by atoms with E-state index in [1.165, 1.54) is 31.7 Å². The number of carboxylic acid groups (broad SMARTS) is 2. The Kier molecular flexibility index (Phi) is 5.19. The Morgan fingerprint density at radius 3 is 1.27 bits per heavy atom. The lowest BCUT2D eigenvalue weighted by Gasteiger charge is -2.12. The third kappa shape index (κ3) is 3.53. The van der Waals surface area contributed by atoms with Gasteiger partial charge in [-0.15, -0.1) is 45.3 Å². The fourth-order valence-corrected chi connectivity index (χ4v) is 12.5. The van der Waals surface area contributed by atoms with Gasteiger partial charge in [-0.25, -0.2) is 9.59 Å². The number of aromatic carboxylic acids is 2. The molecule has 4 heterocycles. The summed E-state index contributed by atoms with van der Waals surface area (Å²) in [6.07, 6.45) is 0. The van der Waals surface area contributed by atoms with Crippen molar-refractivity contribution in [2.45, 2.75) is 39.3 Å². The predicted molar refractivity (Wildman–Crippen MR) is 138 cm³/mol. The van der Waals surface area contributed by atoms with E-state index in [1.54, 1.807) is 22.7 Å². The third-order valence-corrected chi connectivity index (χ3v) is 17.0. The molecule has 4 rings (SSSR count). The van der Waals surface area contributed by atoms with Gasteiger partial charge >= 0.3 is 11.9 Å². The van der Waals surface area contributed by atoms with E-state index in [4.69, 9.17) is 0 Å². The van der Waals surface area contributed by atoms with E-state index in [1.807, 2.05) is 0 Å². The van der Waals surface area contributed by atoms with Gasteiger partial charge in [0.1, 0.15) is 0 Å². The van der Waals surface area contributed by atoms with Crippen molar-refractivity contribution in [3.63, 3.8) is 0 Å². The summed E-state index contributed by atoms with van der Waals surface area (Å²) in [5, 5.41) is 20.0. The van der Waals surface area contributed by atoms with Crippen LogP contribution in [0.2, 0.25) is 39.3 Å². The standard InChI is InChI=1S/C20H22O4S4Si2/c1-29(2,3)11-7-9-15(27-11)13(19(21)22)17(25-9)18-14(20(23)24)16-10(26-18)8-12(28-16)30(4,5)6/h7-8H,1-6H3,(H,21,22)(H,23,24). The highest BCUT2D eigenvalue weighted by molar-refractivity contribution is 7.39. The maximum atomic E-state index is 12.2. The Morgan fingerprint density at radius 2 is 1.00 bits per heavy atom. The van der Waals surface area contributed by atoms with Gasteiger partial charge in [-0.05, 0) is 21.1 Å². The molecule has 4 nitrogen and oxygen atoms in total. The van der Waals surface area contributed by atoms with E-state index < -0.39 is 28.1 Å². The van der Waals surface area contributed by atoms with Gasteiger partial charge in [-0.3, -0.25) is 0 Å². The Balaban J connectivity index is 2.00. The number of hydrogen-bond donors (Lipinski definition) is 2. The average molecular weight is 511 g/mol. The second-order valence-corrected chi connectivity index (χ2v) is 24.3. The zero-order chi connectivity index (χ0) is 22.2. The molecule has 158 valence electrons. The van der Waals surface area contributed by atoms with Crippen LogP contribution in [0.25, 0.3) is 28.6 Å². The van der Waals surface area contributed by atoms with E-state index >= 15 is 0 Å².